The van der Waals surface area contributed by atoms with E-state index in [2.05, 4.69) is 216 Å². The summed E-state index contributed by atoms with van der Waals surface area (Å²) in [4.78, 5) is 2.39. The molecule has 11 aromatic rings. The lowest BCUT2D eigenvalue weighted by molar-refractivity contribution is 1.19. The van der Waals surface area contributed by atoms with Crippen LogP contribution in [0.25, 0.3) is 80.7 Å². The number of rotatable bonds is 6. The molecule has 0 bridgehead atoms. The number of thiophene rings is 1. The summed E-state index contributed by atoms with van der Waals surface area (Å²) >= 11 is 1.88. The van der Waals surface area contributed by atoms with Crippen LogP contribution >= 0.6 is 11.3 Å². The van der Waals surface area contributed by atoms with Gasteiger partial charge in [-0.15, -0.1) is 11.3 Å². The first-order valence-electron chi connectivity index (χ1n) is 18.8. The number of anilines is 3. The van der Waals surface area contributed by atoms with Crippen molar-refractivity contribution in [3.63, 3.8) is 0 Å². The van der Waals surface area contributed by atoms with E-state index in [0.717, 1.165) is 17.1 Å². The zero-order valence-electron chi connectivity index (χ0n) is 29.9. The van der Waals surface area contributed by atoms with Crippen LogP contribution in [0.4, 0.5) is 17.1 Å². The highest BCUT2D eigenvalue weighted by Crippen LogP contribution is 2.45. The van der Waals surface area contributed by atoms with Crippen LogP contribution in [0, 0.1) is 0 Å². The summed E-state index contributed by atoms with van der Waals surface area (Å²) in [6.45, 7) is 0. The van der Waals surface area contributed by atoms with Crippen LogP contribution in [-0.4, -0.2) is 4.57 Å². The van der Waals surface area contributed by atoms with E-state index in [1.807, 2.05) is 11.3 Å². The Kier molecular flexibility index (Phi) is 7.39. The second kappa shape index (κ2) is 12.9. The molecular formula is C52H34N2S. The van der Waals surface area contributed by atoms with Gasteiger partial charge in [0.2, 0.25) is 0 Å². The summed E-state index contributed by atoms with van der Waals surface area (Å²) in [6.07, 6.45) is 0. The van der Waals surface area contributed by atoms with Gasteiger partial charge >= 0.3 is 0 Å². The highest BCUT2D eigenvalue weighted by molar-refractivity contribution is 7.26. The van der Waals surface area contributed by atoms with E-state index >= 15 is 0 Å². The van der Waals surface area contributed by atoms with Gasteiger partial charge in [0.05, 0.1) is 16.7 Å². The molecule has 0 unspecified atom stereocenters. The molecule has 2 heterocycles. The van der Waals surface area contributed by atoms with Crippen LogP contribution in [0.1, 0.15) is 0 Å². The van der Waals surface area contributed by atoms with Crippen molar-refractivity contribution >= 4 is 81.1 Å². The Morgan fingerprint density at radius 3 is 1.64 bits per heavy atom. The lowest BCUT2D eigenvalue weighted by atomic mass is 10.00. The van der Waals surface area contributed by atoms with Gasteiger partial charge in [-0.3, -0.25) is 0 Å². The quantitative estimate of drug-likeness (QED) is 0.166. The predicted molar refractivity (Wildman–Crippen MR) is 237 cm³/mol. The van der Waals surface area contributed by atoms with Gasteiger partial charge < -0.3 is 9.47 Å². The van der Waals surface area contributed by atoms with Crippen LogP contribution in [0.15, 0.2) is 206 Å². The van der Waals surface area contributed by atoms with Crippen molar-refractivity contribution in [3.8, 4) is 27.9 Å². The number of benzene rings is 9. The number of hydrogen-bond acceptors (Lipinski definition) is 2. The minimum absolute atomic E-state index is 1.11. The fraction of sp³-hybridized carbons (Fsp3) is 0. The first-order valence-corrected chi connectivity index (χ1v) is 19.6. The third-order valence-electron chi connectivity index (χ3n) is 11.0. The number of aromatic nitrogens is 1. The van der Waals surface area contributed by atoms with Crippen LogP contribution in [-0.2, 0) is 0 Å². The third kappa shape index (κ3) is 5.24. The topological polar surface area (TPSA) is 8.17 Å². The molecule has 0 spiro atoms. The van der Waals surface area contributed by atoms with Crippen LogP contribution in [0.5, 0.6) is 0 Å². The van der Waals surface area contributed by atoms with Crippen molar-refractivity contribution in [2.24, 2.45) is 0 Å². The van der Waals surface area contributed by atoms with Gasteiger partial charge in [0.1, 0.15) is 0 Å². The van der Waals surface area contributed by atoms with Gasteiger partial charge in [-0.1, -0.05) is 146 Å². The molecule has 0 aliphatic carbocycles. The molecule has 3 heteroatoms. The minimum atomic E-state index is 1.11. The van der Waals surface area contributed by atoms with E-state index in [4.69, 9.17) is 0 Å². The summed E-state index contributed by atoms with van der Waals surface area (Å²) in [5.74, 6) is 0. The van der Waals surface area contributed by atoms with E-state index in [-0.39, 0.29) is 0 Å². The molecular weight excluding hydrogens is 685 g/mol. The molecule has 0 atom stereocenters. The molecule has 258 valence electrons. The third-order valence-corrected chi connectivity index (χ3v) is 12.2. The Morgan fingerprint density at radius 1 is 0.382 bits per heavy atom. The monoisotopic (exact) mass is 718 g/mol. The lowest BCUT2D eigenvalue weighted by Gasteiger charge is -2.27. The fourth-order valence-electron chi connectivity index (χ4n) is 8.41. The number of nitrogens with zero attached hydrogens (tertiary/aromatic N) is 2. The molecule has 0 N–H and O–H groups in total. The summed E-state index contributed by atoms with van der Waals surface area (Å²) in [5, 5.41) is 7.55. The zero-order chi connectivity index (χ0) is 36.3. The maximum atomic E-state index is 2.44. The molecule has 0 aliphatic rings. The molecule has 9 aromatic carbocycles. The zero-order valence-corrected chi connectivity index (χ0v) is 30.7. The summed E-state index contributed by atoms with van der Waals surface area (Å²) in [5.41, 5.74) is 11.8. The maximum absolute atomic E-state index is 2.44. The summed E-state index contributed by atoms with van der Waals surface area (Å²) in [6, 6.07) is 75.1. The largest absolute Gasteiger partial charge is 0.310 e. The van der Waals surface area contributed by atoms with Crippen molar-refractivity contribution in [2.45, 2.75) is 0 Å². The molecule has 0 fully saturated rings. The Bertz CT molecular complexity index is 3130. The summed E-state index contributed by atoms with van der Waals surface area (Å²) in [7, 11) is 0. The van der Waals surface area contributed by atoms with E-state index in [0.29, 0.717) is 0 Å². The molecule has 0 amide bonds. The SMILES string of the molecule is c1ccc(-c2ccc(N(c3ccc(-c4cc(-n5c6ccccc6c6ccccc65)cc5c4sc4ccccc45)cc3)c3cccc4ccccc34)cc2)cc1. The van der Waals surface area contributed by atoms with Gasteiger partial charge in [-0.25, -0.2) is 0 Å². The molecule has 55 heavy (non-hydrogen) atoms. The van der Waals surface area contributed by atoms with E-state index < -0.39 is 0 Å². The normalized spacial score (nSPS) is 11.6. The standard InChI is InChI=1S/C52H34N2S/c1-2-13-35(14-3-1)36-25-29-39(30-26-36)53(48-23-12-16-37-15-4-5-17-42(37)48)40-31-27-38(28-32-40)46-33-41(34-47-45-20-8-11-24-51(45)55-52(46)47)54-49-21-9-6-18-43(49)44-19-7-10-22-50(44)54/h1-34H. The van der Waals surface area contributed by atoms with Crippen LogP contribution in [0.2, 0.25) is 0 Å². The van der Waals surface area contributed by atoms with Crippen molar-refractivity contribution in [1.82, 2.24) is 4.57 Å². The van der Waals surface area contributed by atoms with Gasteiger partial charge in [0.25, 0.3) is 0 Å². The smallest absolute Gasteiger partial charge is 0.0541 e. The van der Waals surface area contributed by atoms with E-state index in [1.165, 1.54) is 80.7 Å². The van der Waals surface area contributed by atoms with Gasteiger partial charge in [0, 0.05) is 59.0 Å². The molecule has 0 saturated heterocycles. The highest BCUT2D eigenvalue weighted by atomic mass is 32.1. The fourth-order valence-corrected chi connectivity index (χ4v) is 9.63. The molecule has 11 rings (SSSR count). The average molecular weight is 719 g/mol. The lowest BCUT2D eigenvalue weighted by Crippen LogP contribution is -2.10. The predicted octanol–water partition coefficient (Wildman–Crippen LogP) is 15.1. The van der Waals surface area contributed by atoms with Gasteiger partial charge in [0.15, 0.2) is 0 Å². The second-order valence-electron chi connectivity index (χ2n) is 14.1. The van der Waals surface area contributed by atoms with Crippen molar-refractivity contribution < 1.29 is 0 Å². The van der Waals surface area contributed by atoms with Crippen molar-refractivity contribution in [3.05, 3.63) is 206 Å². The number of fused-ring (bicyclic) bond motifs is 7. The molecule has 0 aliphatic heterocycles. The average Bonchev–Trinajstić information content (AvgIpc) is 3.80. The number of hydrogen-bond donors (Lipinski definition) is 0. The molecule has 2 aromatic heterocycles. The molecule has 2 nitrogen and oxygen atoms in total. The molecule has 0 saturated carbocycles. The minimum Gasteiger partial charge on any atom is -0.310 e. The van der Waals surface area contributed by atoms with Crippen molar-refractivity contribution in [2.75, 3.05) is 4.90 Å². The first-order chi connectivity index (χ1) is 27.3. The second-order valence-corrected chi connectivity index (χ2v) is 15.2. The first kappa shape index (κ1) is 31.6. The number of para-hydroxylation sites is 2. The van der Waals surface area contributed by atoms with Crippen LogP contribution < -0.4 is 4.90 Å². The molecule has 0 radical (unpaired) electrons. The van der Waals surface area contributed by atoms with E-state index in [9.17, 15) is 0 Å². The van der Waals surface area contributed by atoms with E-state index in [1.54, 1.807) is 0 Å². The van der Waals surface area contributed by atoms with Gasteiger partial charge in [-0.05, 0) is 82.7 Å². The summed E-state index contributed by atoms with van der Waals surface area (Å²) < 4.78 is 5.05. The Morgan fingerprint density at radius 2 is 0.927 bits per heavy atom. The maximum Gasteiger partial charge on any atom is 0.0541 e. The highest BCUT2D eigenvalue weighted by Gasteiger charge is 2.19. The Balaban J connectivity index is 1.09. The Hall–Kier alpha value is -6.94. The van der Waals surface area contributed by atoms with Crippen molar-refractivity contribution in [1.29, 1.82) is 0 Å². The van der Waals surface area contributed by atoms with Crippen LogP contribution in [0.3, 0.4) is 0 Å². The Labute approximate surface area is 323 Å². The van der Waals surface area contributed by atoms with Gasteiger partial charge in [-0.2, -0.15) is 0 Å².